The topological polar surface area (TPSA) is 46.1 Å². The van der Waals surface area contributed by atoms with E-state index in [-0.39, 0.29) is 24.0 Å². The molecule has 0 radical (unpaired) electrons. The van der Waals surface area contributed by atoms with Crippen molar-refractivity contribution in [2.75, 3.05) is 46.5 Å². The number of benzene rings is 1. The minimum absolute atomic E-state index is 0. The van der Waals surface area contributed by atoms with Gasteiger partial charge in [0.1, 0.15) is 0 Å². The maximum absolute atomic E-state index is 5.88. The van der Waals surface area contributed by atoms with Crippen LogP contribution < -0.4 is 5.32 Å². The number of halogens is 1. The Balaban J connectivity index is 0.00000288. The molecule has 1 fully saturated rings. The van der Waals surface area contributed by atoms with Crippen LogP contribution in [0, 0.1) is 5.92 Å². The lowest BCUT2D eigenvalue weighted by Gasteiger charge is -2.21. The van der Waals surface area contributed by atoms with Crippen LogP contribution in [-0.2, 0) is 16.1 Å². The molecule has 1 aromatic carbocycles. The molecule has 0 bridgehead atoms. The fourth-order valence-electron chi connectivity index (χ4n) is 2.75. The summed E-state index contributed by atoms with van der Waals surface area (Å²) in [5, 5.41) is 3.37. The highest BCUT2D eigenvalue weighted by atomic mass is 127. The van der Waals surface area contributed by atoms with E-state index >= 15 is 0 Å². The molecule has 1 N–H and O–H groups in total. The minimum Gasteiger partial charge on any atom is -0.383 e. The zero-order chi connectivity index (χ0) is 16.3. The van der Waals surface area contributed by atoms with Crippen LogP contribution in [0.4, 0.5) is 0 Å². The summed E-state index contributed by atoms with van der Waals surface area (Å²) in [5.74, 6) is 1.57. The van der Waals surface area contributed by atoms with E-state index in [9.17, 15) is 0 Å². The molecule has 136 valence electrons. The maximum atomic E-state index is 5.88. The molecule has 6 heteroatoms. The number of likely N-dealkylation sites (tertiary alicyclic amines) is 1. The molecular weight excluding hydrogens is 417 g/mol. The third kappa shape index (κ3) is 7.36. The Labute approximate surface area is 162 Å². The molecular formula is C18H30IN3O2. The number of rotatable bonds is 8. The van der Waals surface area contributed by atoms with Gasteiger partial charge in [-0.05, 0) is 18.9 Å². The average molecular weight is 447 g/mol. The van der Waals surface area contributed by atoms with Crippen LogP contribution in [0.25, 0.3) is 0 Å². The Kier molecular flexibility index (Phi) is 11.0. The van der Waals surface area contributed by atoms with Crippen molar-refractivity contribution in [3.63, 3.8) is 0 Å². The second-order valence-electron chi connectivity index (χ2n) is 5.83. The van der Waals surface area contributed by atoms with Gasteiger partial charge in [-0.1, -0.05) is 30.3 Å². The first-order chi connectivity index (χ1) is 11.3. The molecule has 0 aliphatic carbocycles. The predicted molar refractivity (Wildman–Crippen MR) is 109 cm³/mol. The molecule has 2 rings (SSSR count). The number of nitrogens with one attached hydrogen (secondary N) is 1. The second kappa shape index (κ2) is 12.5. The third-order valence-corrected chi connectivity index (χ3v) is 3.94. The first kappa shape index (κ1) is 21.2. The molecule has 1 aliphatic rings. The maximum Gasteiger partial charge on any atom is 0.194 e. The predicted octanol–water partition coefficient (Wildman–Crippen LogP) is 2.76. The summed E-state index contributed by atoms with van der Waals surface area (Å²) in [6.07, 6.45) is 1.16. The number of nitrogens with zero attached hydrogens (tertiary/aromatic N) is 2. The molecule has 0 spiro atoms. The Morgan fingerprint density at radius 3 is 2.83 bits per heavy atom. The van der Waals surface area contributed by atoms with Crippen molar-refractivity contribution in [3.8, 4) is 0 Å². The summed E-state index contributed by atoms with van der Waals surface area (Å²) in [6.45, 7) is 7.89. The van der Waals surface area contributed by atoms with Gasteiger partial charge in [0, 0.05) is 32.7 Å². The normalized spacial score (nSPS) is 17.7. The molecule has 1 saturated heterocycles. The molecule has 5 nitrogen and oxygen atoms in total. The first-order valence-corrected chi connectivity index (χ1v) is 8.47. The lowest BCUT2D eigenvalue weighted by Crippen LogP contribution is -2.40. The van der Waals surface area contributed by atoms with Gasteiger partial charge in [0.15, 0.2) is 5.96 Å². The van der Waals surface area contributed by atoms with Crippen LogP contribution in [-0.4, -0.2) is 57.4 Å². The Hall–Kier alpha value is -0.860. The number of hydrogen-bond donors (Lipinski definition) is 1. The van der Waals surface area contributed by atoms with Gasteiger partial charge in [0.25, 0.3) is 0 Å². The van der Waals surface area contributed by atoms with Gasteiger partial charge < -0.3 is 19.7 Å². The molecule has 1 atom stereocenters. The Bertz CT molecular complexity index is 471. The van der Waals surface area contributed by atoms with Crippen molar-refractivity contribution in [1.82, 2.24) is 10.2 Å². The minimum atomic E-state index is 0. The van der Waals surface area contributed by atoms with Crippen LogP contribution in [0.15, 0.2) is 35.3 Å². The Morgan fingerprint density at radius 1 is 1.33 bits per heavy atom. The number of hydrogen-bond acceptors (Lipinski definition) is 3. The van der Waals surface area contributed by atoms with E-state index in [1.54, 1.807) is 7.11 Å². The highest BCUT2D eigenvalue weighted by Gasteiger charge is 2.24. The van der Waals surface area contributed by atoms with Gasteiger partial charge >= 0.3 is 0 Å². The summed E-state index contributed by atoms with van der Waals surface area (Å²) in [4.78, 5) is 6.94. The lowest BCUT2D eigenvalue weighted by molar-refractivity contribution is 0.0906. The van der Waals surface area contributed by atoms with E-state index in [2.05, 4.69) is 46.4 Å². The van der Waals surface area contributed by atoms with E-state index in [1.807, 2.05) is 6.07 Å². The molecule has 1 aliphatic heterocycles. The van der Waals surface area contributed by atoms with Crippen LogP contribution in [0.2, 0.25) is 0 Å². The fraction of sp³-hybridized carbons (Fsp3) is 0.611. The Morgan fingerprint density at radius 2 is 2.12 bits per heavy atom. The van der Waals surface area contributed by atoms with Gasteiger partial charge in [0.05, 0.1) is 26.4 Å². The number of methoxy groups -OCH3 is 1. The molecule has 1 unspecified atom stereocenters. The summed E-state index contributed by atoms with van der Waals surface area (Å²) < 4.78 is 11.0. The molecule has 0 saturated carbocycles. The van der Waals surface area contributed by atoms with Gasteiger partial charge in [-0.2, -0.15) is 0 Å². The van der Waals surface area contributed by atoms with Crippen molar-refractivity contribution < 1.29 is 9.47 Å². The summed E-state index contributed by atoms with van der Waals surface area (Å²) in [5.41, 5.74) is 1.23. The summed E-state index contributed by atoms with van der Waals surface area (Å²) in [6, 6.07) is 10.3. The largest absolute Gasteiger partial charge is 0.383 e. The quantitative estimate of drug-likeness (QED) is 0.288. The van der Waals surface area contributed by atoms with E-state index in [0.717, 1.165) is 38.6 Å². The molecule has 24 heavy (non-hydrogen) atoms. The van der Waals surface area contributed by atoms with Crippen LogP contribution in [0.3, 0.4) is 0 Å². The van der Waals surface area contributed by atoms with Gasteiger partial charge in [-0.15, -0.1) is 24.0 Å². The van der Waals surface area contributed by atoms with E-state index in [0.29, 0.717) is 25.7 Å². The summed E-state index contributed by atoms with van der Waals surface area (Å²) >= 11 is 0. The zero-order valence-corrected chi connectivity index (χ0v) is 17.1. The molecule has 1 aromatic rings. The third-order valence-electron chi connectivity index (χ3n) is 3.94. The highest BCUT2D eigenvalue weighted by Crippen LogP contribution is 2.17. The van der Waals surface area contributed by atoms with Gasteiger partial charge in [-0.3, -0.25) is 4.99 Å². The van der Waals surface area contributed by atoms with Crippen molar-refractivity contribution in [3.05, 3.63) is 35.9 Å². The smallest absolute Gasteiger partial charge is 0.194 e. The SMILES string of the molecule is CCNC(=NCCOC)N1CCC(COCc2ccccc2)C1.I. The lowest BCUT2D eigenvalue weighted by atomic mass is 10.1. The molecule has 0 aromatic heterocycles. The second-order valence-corrected chi connectivity index (χ2v) is 5.83. The average Bonchev–Trinajstić information content (AvgIpc) is 3.04. The van der Waals surface area contributed by atoms with E-state index in [4.69, 9.17) is 9.47 Å². The number of guanidine groups is 1. The zero-order valence-electron chi connectivity index (χ0n) is 14.7. The number of aliphatic imine (C=N–C) groups is 1. The van der Waals surface area contributed by atoms with Crippen LogP contribution in [0.5, 0.6) is 0 Å². The van der Waals surface area contributed by atoms with Gasteiger partial charge in [0.2, 0.25) is 0 Å². The van der Waals surface area contributed by atoms with Crippen molar-refractivity contribution in [1.29, 1.82) is 0 Å². The standard InChI is InChI=1S/C18H29N3O2.HI/c1-3-19-18(20-10-12-22-2)21-11-9-17(13-21)15-23-14-16-7-5-4-6-8-16;/h4-8,17H,3,9-15H2,1-2H3,(H,19,20);1H. The van der Waals surface area contributed by atoms with Crippen molar-refractivity contribution in [2.24, 2.45) is 10.9 Å². The molecule has 1 heterocycles. The number of ether oxygens (including phenoxy) is 2. The fourth-order valence-corrected chi connectivity index (χ4v) is 2.75. The van der Waals surface area contributed by atoms with Crippen molar-refractivity contribution >= 4 is 29.9 Å². The monoisotopic (exact) mass is 447 g/mol. The highest BCUT2D eigenvalue weighted by molar-refractivity contribution is 14.0. The van der Waals surface area contributed by atoms with E-state index in [1.165, 1.54) is 5.56 Å². The summed E-state index contributed by atoms with van der Waals surface area (Å²) in [7, 11) is 1.71. The molecule has 0 amide bonds. The van der Waals surface area contributed by atoms with Crippen LogP contribution >= 0.6 is 24.0 Å². The van der Waals surface area contributed by atoms with Crippen LogP contribution in [0.1, 0.15) is 18.9 Å². The van der Waals surface area contributed by atoms with Gasteiger partial charge in [-0.25, -0.2) is 0 Å². The van der Waals surface area contributed by atoms with Crippen molar-refractivity contribution in [2.45, 2.75) is 20.0 Å². The van der Waals surface area contributed by atoms with E-state index < -0.39 is 0 Å². The first-order valence-electron chi connectivity index (χ1n) is 8.47.